The number of hydrogen-bond donors (Lipinski definition) is 1. The van der Waals surface area contributed by atoms with Crippen LogP contribution in [0.3, 0.4) is 0 Å². The molecule has 1 aliphatic carbocycles. The van der Waals surface area contributed by atoms with Crippen LogP contribution in [0, 0.1) is 9.49 Å². The second-order valence-corrected chi connectivity index (χ2v) is 8.11. The summed E-state index contributed by atoms with van der Waals surface area (Å²) in [4.78, 5) is 1.33. The minimum Gasteiger partial charge on any atom is -0.378 e. The summed E-state index contributed by atoms with van der Waals surface area (Å²) in [6.07, 6.45) is 8.05. The summed E-state index contributed by atoms with van der Waals surface area (Å²) in [7, 11) is 0. The van der Waals surface area contributed by atoms with E-state index in [1.807, 2.05) is 0 Å². The molecular weight excluding hydrogens is 401 g/mol. The van der Waals surface area contributed by atoms with Gasteiger partial charge in [0.15, 0.2) is 0 Å². The zero-order valence-electron chi connectivity index (χ0n) is 12.4. The number of allylic oxidation sites excluding steroid dienone is 2. The summed E-state index contributed by atoms with van der Waals surface area (Å²) >= 11 is 4.21. The maximum absolute atomic E-state index is 3.80. The summed E-state index contributed by atoms with van der Waals surface area (Å²) in [5, 5.41) is 3.80. The van der Waals surface area contributed by atoms with Gasteiger partial charge in [0.25, 0.3) is 0 Å². The molecule has 2 aromatic rings. The molecule has 0 fully saturated rings. The van der Waals surface area contributed by atoms with Crippen molar-refractivity contribution in [3.05, 3.63) is 69.3 Å². The third-order valence-corrected chi connectivity index (χ3v) is 6.21. The van der Waals surface area contributed by atoms with Crippen LogP contribution in [0.1, 0.15) is 29.5 Å². The molecule has 3 atom stereocenters. The Labute approximate surface area is 149 Å². The molecule has 1 heterocycles. The van der Waals surface area contributed by atoms with E-state index in [-0.39, 0.29) is 0 Å². The van der Waals surface area contributed by atoms with Crippen molar-refractivity contribution in [1.82, 2.24) is 0 Å². The SMILES string of the molecule is CSc1ccc([C@@H]2Nc3ccc(I)cc3[C@@H]3C=CC[C@@H]32)cc1. The third-order valence-electron chi connectivity index (χ3n) is 4.80. The van der Waals surface area contributed by atoms with Crippen molar-refractivity contribution in [2.45, 2.75) is 23.3 Å². The molecule has 1 nitrogen and oxygen atoms in total. The van der Waals surface area contributed by atoms with Crippen molar-refractivity contribution in [3.63, 3.8) is 0 Å². The van der Waals surface area contributed by atoms with E-state index in [2.05, 4.69) is 88.8 Å². The van der Waals surface area contributed by atoms with Crippen molar-refractivity contribution < 1.29 is 0 Å². The van der Waals surface area contributed by atoms with E-state index in [0.29, 0.717) is 17.9 Å². The summed E-state index contributed by atoms with van der Waals surface area (Å²) < 4.78 is 1.32. The molecule has 0 unspecified atom stereocenters. The maximum Gasteiger partial charge on any atom is 0.0553 e. The molecule has 0 bridgehead atoms. The summed E-state index contributed by atoms with van der Waals surface area (Å²) in [6, 6.07) is 16.2. The molecule has 2 aromatic carbocycles. The van der Waals surface area contributed by atoms with E-state index in [0.717, 1.165) is 6.42 Å². The zero-order chi connectivity index (χ0) is 15.1. The molecule has 0 amide bonds. The molecule has 0 radical (unpaired) electrons. The van der Waals surface area contributed by atoms with E-state index in [1.54, 1.807) is 11.8 Å². The molecular formula is C19H18INS. The van der Waals surface area contributed by atoms with E-state index >= 15 is 0 Å². The zero-order valence-corrected chi connectivity index (χ0v) is 15.4. The van der Waals surface area contributed by atoms with Gasteiger partial charge in [-0.3, -0.25) is 0 Å². The monoisotopic (exact) mass is 419 g/mol. The standard InChI is InChI=1S/C19H18INS/c1-22-14-8-5-12(6-9-14)19-16-4-2-3-15(16)17-11-13(20)7-10-18(17)21-19/h2-3,5-11,15-16,19,21H,4H2,1H3/t15-,16+,19+/m1/s1. The molecule has 1 N–H and O–H groups in total. The van der Waals surface area contributed by atoms with Crippen molar-refractivity contribution in [3.8, 4) is 0 Å². The van der Waals surface area contributed by atoms with Crippen molar-refractivity contribution >= 4 is 40.0 Å². The number of halogens is 1. The van der Waals surface area contributed by atoms with Crippen LogP contribution in [0.4, 0.5) is 5.69 Å². The normalized spacial score (nSPS) is 25.5. The van der Waals surface area contributed by atoms with Gasteiger partial charge in [-0.05, 0) is 82.6 Å². The van der Waals surface area contributed by atoms with Gasteiger partial charge in [-0.2, -0.15) is 0 Å². The van der Waals surface area contributed by atoms with Gasteiger partial charge < -0.3 is 5.32 Å². The summed E-state index contributed by atoms with van der Waals surface area (Å²) in [6.45, 7) is 0. The van der Waals surface area contributed by atoms with Crippen LogP contribution in [0.5, 0.6) is 0 Å². The van der Waals surface area contributed by atoms with Gasteiger partial charge in [0.1, 0.15) is 0 Å². The Morgan fingerprint density at radius 3 is 2.73 bits per heavy atom. The number of hydrogen-bond acceptors (Lipinski definition) is 2. The van der Waals surface area contributed by atoms with Gasteiger partial charge in [-0.25, -0.2) is 0 Å². The maximum atomic E-state index is 3.80. The lowest BCUT2D eigenvalue weighted by atomic mass is 9.77. The molecule has 112 valence electrons. The van der Waals surface area contributed by atoms with Crippen molar-refractivity contribution in [2.75, 3.05) is 11.6 Å². The van der Waals surface area contributed by atoms with Gasteiger partial charge in [0.05, 0.1) is 6.04 Å². The number of nitrogens with one attached hydrogen (secondary N) is 1. The first kappa shape index (κ1) is 14.6. The quantitative estimate of drug-likeness (QED) is 0.373. The average molecular weight is 419 g/mol. The smallest absolute Gasteiger partial charge is 0.0553 e. The van der Waals surface area contributed by atoms with Crippen LogP contribution < -0.4 is 5.32 Å². The van der Waals surface area contributed by atoms with Gasteiger partial charge in [0.2, 0.25) is 0 Å². The fourth-order valence-electron chi connectivity index (χ4n) is 3.71. The number of benzene rings is 2. The minimum absolute atomic E-state index is 0.406. The predicted octanol–water partition coefficient (Wildman–Crippen LogP) is 5.84. The molecule has 22 heavy (non-hydrogen) atoms. The lowest BCUT2D eigenvalue weighted by molar-refractivity contribution is 0.425. The lowest BCUT2D eigenvalue weighted by Crippen LogP contribution is -2.29. The first-order valence-electron chi connectivity index (χ1n) is 7.63. The van der Waals surface area contributed by atoms with Gasteiger partial charge in [-0.15, -0.1) is 11.8 Å². The molecule has 1 aliphatic heterocycles. The molecule has 0 saturated carbocycles. The molecule has 4 rings (SSSR count). The molecule has 0 aromatic heterocycles. The van der Waals surface area contributed by atoms with Crippen LogP contribution in [0.25, 0.3) is 0 Å². The Morgan fingerprint density at radius 1 is 1.14 bits per heavy atom. The van der Waals surface area contributed by atoms with E-state index in [9.17, 15) is 0 Å². The number of thioether (sulfide) groups is 1. The van der Waals surface area contributed by atoms with E-state index < -0.39 is 0 Å². The van der Waals surface area contributed by atoms with Crippen LogP contribution in [-0.2, 0) is 0 Å². The topological polar surface area (TPSA) is 12.0 Å². The van der Waals surface area contributed by atoms with E-state index in [1.165, 1.54) is 25.3 Å². The fourth-order valence-corrected chi connectivity index (χ4v) is 4.63. The highest BCUT2D eigenvalue weighted by molar-refractivity contribution is 14.1. The Balaban J connectivity index is 1.74. The highest BCUT2D eigenvalue weighted by Crippen LogP contribution is 2.50. The summed E-state index contributed by atoms with van der Waals surface area (Å²) in [5.74, 6) is 1.18. The summed E-state index contributed by atoms with van der Waals surface area (Å²) in [5.41, 5.74) is 4.16. The second kappa shape index (κ2) is 5.93. The van der Waals surface area contributed by atoms with E-state index in [4.69, 9.17) is 0 Å². The van der Waals surface area contributed by atoms with Crippen LogP contribution >= 0.6 is 34.4 Å². The Kier molecular flexibility index (Phi) is 3.95. The predicted molar refractivity (Wildman–Crippen MR) is 104 cm³/mol. The first-order valence-corrected chi connectivity index (χ1v) is 9.93. The average Bonchev–Trinajstić information content (AvgIpc) is 3.04. The molecule has 0 spiro atoms. The molecule has 3 heteroatoms. The number of anilines is 1. The largest absolute Gasteiger partial charge is 0.378 e. The lowest BCUT2D eigenvalue weighted by Gasteiger charge is -2.37. The number of fused-ring (bicyclic) bond motifs is 3. The van der Waals surface area contributed by atoms with Crippen LogP contribution in [-0.4, -0.2) is 6.26 Å². The Bertz CT molecular complexity index is 723. The van der Waals surface area contributed by atoms with Crippen LogP contribution in [0.15, 0.2) is 59.5 Å². The highest BCUT2D eigenvalue weighted by Gasteiger charge is 2.37. The first-order chi connectivity index (χ1) is 10.8. The Morgan fingerprint density at radius 2 is 1.95 bits per heavy atom. The molecule has 0 saturated heterocycles. The van der Waals surface area contributed by atoms with Crippen molar-refractivity contribution in [1.29, 1.82) is 0 Å². The second-order valence-electron chi connectivity index (χ2n) is 5.98. The van der Waals surface area contributed by atoms with Crippen LogP contribution in [0.2, 0.25) is 0 Å². The highest BCUT2D eigenvalue weighted by atomic mass is 127. The minimum atomic E-state index is 0.406. The Hall–Kier alpha value is -0.940. The molecule has 2 aliphatic rings. The van der Waals surface area contributed by atoms with Gasteiger partial charge >= 0.3 is 0 Å². The fraction of sp³-hybridized carbons (Fsp3) is 0.263. The van der Waals surface area contributed by atoms with Gasteiger partial charge in [-0.1, -0.05) is 24.3 Å². The number of rotatable bonds is 2. The van der Waals surface area contributed by atoms with Crippen molar-refractivity contribution in [2.24, 2.45) is 5.92 Å². The van der Waals surface area contributed by atoms with Gasteiger partial charge in [0, 0.05) is 20.1 Å². The third kappa shape index (κ3) is 2.48.